The third-order valence-electron chi connectivity index (χ3n) is 4.78. The van der Waals surface area contributed by atoms with Gasteiger partial charge in [-0.3, -0.25) is 14.9 Å². The zero-order valence-electron chi connectivity index (χ0n) is 13.7. The SMILES string of the molecule is CC(C)[C@@H]1CC[C@@H](C)C[C@H]1C(=O)Nc1cc([N+](=O)[O-])ccc1Cl. The minimum absolute atomic E-state index is 0.0749. The summed E-state index contributed by atoms with van der Waals surface area (Å²) in [6.07, 6.45) is 3.03. The van der Waals surface area contributed by atoms with Gasteiger partial charge >= 0.3 is 0 Å². The van der Waals surface area contributed by atoms with Crippen LogP contribution in [0.25, 0.3) is 0 Å². The largest absolute Gasteiger partial charge is 0.324 e. The van der Waals surface area contributed by atoms with Crippen molar-refractivity contribution in [3.05, 3.63) is 33.3 Å². The molecule has 1 aliphatic rings. The second-order valence-corrected chi connectivity index (χ2v) is 7.25. The van der Waals surface area contributed by atoms with Crippen LogP contribution in [-0.2, 0) is 4.79 Å². The van der Waals surface area contributed by atoms with Crippen molar-refractivity contribution >= 4 is 28.9 Å². The fourth-order valence-corrected chi connectivity index (χ4v) is 3.62. The van der Waals surface area contributed by atoms with E-state index in [9.17, 15) is 14.9 Å². The molecule has 1 amide bonds. The van der Waals surface area contributed by atoms with Crippen molar-refractivity contribution in [1.29, 1.82) is 0 Å². The van der Waals surface area contributed by atoms with Crippen molar-refractivity contribution in [2.45, 2.75) is 40.0 Å². The summed E-state index contributed by atoms with van der Waals surface area (Å²) >= 11 is 6.07. The molecule has 1 aromatic rings. The van der Waals surface area contributed by atoms with Crippen molar-refractivity contribution in [2.75, 3.05) is 5.32 Å². The first-order chi connectivity index (χ1) is 10.8. The maximum Gasteiger partial charge on any atom is 0.271 e. The molecular weight excluding hydrogens is 316 g/mol. The Labute approximate surface area is 141 Å². The number of hydrogen-bond acceptors (Lipinski definition) is 3. The summed E-state index contributed by atoms with van der Waals surface area (Å²) in [5.74, 6) is 1.12. The lowest BCUT2D eigenvalue weighted by molar-refractivity contribution is -0.384. The summed E-state index contributed by atoms with van der Waals surface area (Å²) in [4.78, 5) is 23.1. The fraction of sp³-hybridized carbons (Fsp3) is 0.588. The van der Waals surface area contributed by atoms with Crippen LogP contribution in [0.5, 0.6) is 0 Å². The Bertz CT molecular complexity index is 604. The van der Waals surface area contributed by atoms with Gasteiger partial charge in [0, 0.05) is 18.1 Å². The second-order valence-electron chi connectivity index (χ2n) is 6.84. The van der Waals surface area contributed by atoms with Gasteiger partial charge in [-0.1, -0.05) is 38.8 Å². The van der Waals surface area contributed by atoms with Crippen LogP contribution in [0, 0.1) is 33.8 Å². The van der Waals surface area contributed by atoms with Crippen LogP contribution in [0.3, 0.4) is 0 Å². The molecule has 0 unspecified atom stereocenters. The molecule has 1 saturated carbocycles. The van der Waals surface area contributed by atoms with Gasteiger partial charge in [0.2, 0.25) is 5.91 Å². The smallest absolute Gasteiger partial charge is 0.271 e. The van der Waals surface area contributed by atoms with Crippen molar-refractivity contribution in [3.8, 4) is 0 Å². The van der Waals surface area contributed by atoms with Crippen molar-refractivity contribution in [2.24, 2.45) is 23.7 Å². The number of carbonyl (C=O) groups excluding carboxylic acids is 1. The lowest BCUT2D eigenvalue weighted by atomic mass is 9.70. The Morgan fingerprint density at radius 1 is 1.39 bits per heavy atom. The molecule has 3 atom stereocenters. The Balaban J connectivity index is 2.19. The molecule has 0 heterocycles. The molecule has 6 heteroatoms. The summed E-state index contributed by atoms with van der Waals surface area (Å²) in [5, 5.41) is 14.0. The van der Waals surface area contributed by atoms with E-state index in [1.807, 2.05) is 0 Å². The Kier molecular flexibility index (Phi) is 5.63. The molecule has 126 valence electrons. The van der Waals surface area contributed by atoms with E-state index in [0.717, 1.165) is 19.3 Å². The lowest BCUT2D eigenvalue weighted by Gasteiger charge is -2.36. The van der Waals surface area contributed by atoms with Gasteiger partial charge in [-0.05, 0) is 36.7 Å². The molecule has 0 radical (unpaired) electrons. The molecule has 0 aliphatic heterocycles. The van der Waals surface area contributed by atoms with Gasteiger partial charge in [-0.25, -0.2) is 0 Å². The topological polar surface area (TPSA) is 72.2 Å². The van der Waals surface area contributed by atoms with Crippen LogP contribution in [0.15, 0.2) is 18.2 Å². The van der Waals surface area contributed by atoms with Gasteiger partial charge < -0.3 is 5.32 Å². The first kappa shape index (κ1) is 17.7. The van der Waals surface area contributed by atoms with Crippen LogP contribution in [0.4, 0.5) is 11.4 Å². The number of benzene rings is 1. The first-order valence-corrected chi connectivity index (χ1v) is 8.42. The third-order valence-corrected chi connectivity index (χ3v) is 5.11. The molecule has 0 spiro atoms. The molecule has 1 aliphatic carbocycles. The third kappa shape index (κ3) is 4.22. The van der Waals surface area contributed by atoms with Crippen LogP contribution >= 0.6 is 11.6 Å². The average molecular weight is 339 g/mol. The standard InChI is InChI=1S/C17H23ClN2O3/c1-10(2)13-6-4-11(3)8-14(13)17(21)19-16-9-12(20(22)23)5-7-15(16)18/h5,7,9-11,13-14H,4,6,8H2,1-3H3,(H,19,21)/t11-,13+,14-/m1/s1. The maximum atomic E-state index is 12.7. The second kappa shape index (κ2) is 7.30. The predicted octanol–water partition coefficient (Wildman–Crippen LogP) is 4.90. The summed E-state index contributed by atoms with van der Waals surface area (Å²) in [6, 6.07) is 4.09. The monoisotopic (exact) mass is 338 g/mol. The Morgan fingerprint density at radius 2 is 2.09 bits per heavy atom. The van der Waals surface area contributed by atoms with Crippen LogP contribution in [0.2, 0.25) is 5.02 Å². The predicted molar refractivity (Wildman–Crippen MR) is 91.6 cm³/mol. The molecule has 5 nitrogen and oxygen atoms in total. The van der Waals surface area contributed by atoms with Crippen LogP contribution < -0.4 is 5.32 Å². The van der Waals surface area contributed by atoms with Gasteiger partial charge in [0.1, 0.15) is 0 Å². The van der Waals surface area contributed by atoms with E-state index in [1.54, 1.807) is 0 Å². The van der Waals surface area contributed by atoms with E-state index in [-0.39, 0.29) is 17.5 Å². The molecular formula is C17H23ClN2O3. The number of nitro groups is 1. The molecule has 0 saturated heterocycles. The average Bonchev–Trinajstić information content (AvgIpc) is 2.48. The number of halogens is 1. The van der Waals surface area contributed by atoms with Crippen molar-refractivity contribution in [1.82, 2.24) is 0 Å². The minimum Gasteiger partial charge on any atom is -0.324 e. The quantitative estimate of drug-likeness (QED) is 0.627. The maximum absolute atomic E-state index is 12.7. The highest BCUT2D eigenvalue weighted by Gasteiger charge is 2.35. The molecule has 1 fully saturated rings. The van der Waals surface area contributed by atoms with Gasteiger partial charge in [0.15, 0.2) is 0 Å². The molecule has 1 N–H and O–H groups in total. The zero-order chi connectivity index (χ0) is 17.1. The molecule has 0 aromatic heterocycles. The Hall–Kier alpha value is -1.62. The van der Waals surface area contributed by atoms with E-state index >= 15 is 0 Å². The number of rotatable bonds is 4. The van der Waals surface area contributed by atoms with E-state index in [4.69, 9.17) is 11.6 Å². The first-order valence-electron chi connectivity index (χ1n) is 8.04. The van der Waals surface area contributed by atoms with E-state index < -0.39 is 4.92 Å². The normalized spacial score (nSPS) is 24.5. The van der Waals surface area contributed by atoms with E-state index in [0.29, 0.717) is 28.5 Å². The lowest BCUT2D eigenvalue weighted by Crippen LogP contribution is -2.36. The van der Waals surface area contributed by atoms with Gasteiger partial charge in [0.05, 0.1) is 15.6 Å². The van der Waals surface area contributed by atoms with Crippen molar-refractivity contribution in [3.63, 3.8) is 0 Å². The molecule has 2 rings (SSSR count). The minimum atomic E-state index is -0.494. The van der Waals surface area contributed by atoms with Gasteiger partial charge in [-0.2, -0.15) is 0 Å². The highest BCUT2D eigenvalue weighted by Crippen LogP contribution is 2.39. The summed E-state index contributed by atoms with van der Waals surface area (Å²) in [6.45, 7) is 6.44. The van der Waals surface area contributed by atoms with Gasteiger partial charge in [-0.15, -0.1) is 0 Å². The number of hydrogen-bond donors (Lipinski definition) is 1. The zero-order valence-corrected chi connectivity index (χ0v) is 14.5. The van der Waals surface area contributed by atoms with Crippen LogP contribution in [-0.4, -0.2) is 10.8 Å². The number of nitrogens with zero attached hydrogens (tertiary/aromatic N) is 1. The molecule has 0 bridgehead atoms. The highest BCUT2D eigenvalue weighted by molar-refractivity contribution is 6.33. The fourth-order valence-electron chi connectivity index (χ4n) is 3.45. The van der Waals surface area contributed by atoms with Gasteiger partial charge in [0.25, 0.3) is 5.69 Å². The number of nitro benzene ring substituents is 1. The molecule has 1 aromatic carbocycles. The number of anilines is 1. The number of non-ortho nitro benzene ring substituents is 1. The van der Waals surface area contributed by atoms with E-state index in [1.165, 1.54) is 18.2 Å². The number of carbonyl (C=O) groups is 1. The van der Waals surface area contributed by atoms with Crippen molar-refractivity contribution < 1.29 is 9.72 Å². The Morgan fingerprint density at radius 3 is 2.70 bits per heavy atom. The summed E-state index contributed by atoms with van der Waals surface area (Å²) in [7, 11) is 0. The summed E-state index contributed by atoms with van der Waals surface area (Å²) in [5.41, 5.74) is 0.230. The molecule has 23 heavy (non-hydrogen) atoms. The summed E-state index contributed by atoms with van der Waals surface area (Å²) < 4.78 is 0. The van der Waals surface area contributed by atoms with Crippen LogP contribution in [0.1, 0.15) is 40.0 Å². The van der Waals surface area contributed by atoms with E-state index in [2.05, 4.69) is 26.1 Å². The number of amides is 1. The number of nitrogens with one attached hydrogen (secondary N) is 1. The highest BCUT2D eigenvalue weighted by atomic mass is 35.5.